The average molecular weight is 501 g/mol. The van der Waals surface area contributed by atoms with E-state index in [4.69, 9.17) is 15.5 Å². The second kappa shape index (κ2) is 12.3. The number of nitrogens with zero attached hydrogens (tertiary/aromatic N) is 2. The molecule has 0 aliphatic rings. The number of carbonyl (C=O) groups is 1. The summed E-state index contributed by atoms with van der Waals surface area (Å²) in [4.78, 5) is 19.8. The zero-order valence-corrected chi connectivity index (χ0v) is 21.6. The van der Waals surface area contributed by atoms with Crippen LogP contribution in [0.5, 0.6) is 5.75 Å². The molecule has 4 rings (SSSR count). The Balaban J connectivity index is 1.40. The van der Waals surface area contributed by atoms with E-state index in [-0.39, 0.29) is 5.91 Å². The van der Waals surface area contributed by atoms with Gasteiger partial charge in [0.25, 0.3) is 5.91 Å². The summed E-state index contributed by atoms with van der Waals surface area (Å²) >= 11 is 1.64. The third-order valence-corrected chi connectivity index (χ3v) is 6.79. The Morgan fingerprint density at radius 3 is 2.56 bits per heavy atom. The first-order chi connectivity index (χ1) is 17.6. The SMILES string of the molecule is CCCN(Cc1ccc(C(=O)NCc2cccc(CN)c2)cc1)c1nc(-c2cccc(OC)c2)cs1. The molecule has 0 saturated heterocycles. The second-order valence-corrected chi connectivity index (χ2v) is 9.41. The summed E-state index contributed by atoms with van der Waals surface area (Å²) in [5.41, 5.74) is 11.6. The van der Waals surface area contributed by atoms with Gasteiger partial charge in [0.2, 0.25) is 0 Å². The number of amides is 1. The van der Waals surface area contributed by atoms with Crippen molar-refractivity contribution >= 4 is 22.4 Å². The minimum absolute atomic E-state index is 0.0898. The quantitative estimate of drug-likeness (QED) is 0.279. The van der Waals surface area contributed by atoms with Crippen LogP contribution in [0.3, 0.4) is 0 Å². The van der Waals surface area contributed by atoms with Gasteiger partial charge in [-0.25, -0.2) is 4.98 Å². The summed E-state index contributed by atoms with van der Waals surface area (Å²) in [6.07, 6.45) is 1.01. The van der Waals surface area contributed by atoms with E-state index in [1.165, 1.54) is 0 Å². The van der Waals surface area contributed by atoms with Crippen LogP contribution in [0, 0.1) is 0 Å². The molecule has 6 nitrogen and oxygen atoms in total. The molecule has 1 heterocycles. The van der Waals surface area contributed by atoms with Crippen LogP contribution in [-0.2, 0) is 19.6 Å². The molecule has 186 valence electrons. The topological polar surface area (TPSA) is 80.5 Å². The lowest BCUT2D eigenvalue weighted by Crippen LogP contribution is -2.24. The Hall–Kier alpha value is -3.68. The maximum absolute atomic E-state index is 12.6. The van der Waals surface area contributed by atoms with Gasteiger partial charge in [-0.1, -0.05) is 55.5 Å². The van der Waals surface area contributed by atoms with Crippen molar-refractivity contribution in [3.63, 3.8) is 0 Å². The van der Waals surface area contributed by atoms with Gasteiger partial charge < -0.3 is 20.7 Å². The first kappa shape index (κ1) is 25.4. The highest BCUT2D eigenvalue weighted by molar-refractivity contribution is 7.14. The molecule has 4 aromatic rings. The number of hydrogen-bond donors (Lipinski definition) is 2. The molecular formula is C29H32N4O2S. The molecule has 0 atom stereocenters. The Morgan fingerprint density at radius 2 is 1.81 bits per heavy atom. The number of anilines is 1. The standard InChI is InChI=1S/C29H32N4O2S/c1-3-14-33(29-32-27(20-36-29)25-8-5-9-26(16-25)35-2)19-21-10-12-24(13-11-21)28(34)31-18-23-7-4-6-22(15-23)17-30/h4-13,15-16,20H,3,14,17-19,30H2,1-2H3,(H,31,34). The van der Waals surface area contributed by atoms with Crippen molar-refractivity contribution in [1.82, 2.24) is 10.3 Å². The number of benzene rings is 3. The molecule has 3 aromatic carbocycles. The van der Waals surface area contributed by atoms with Crippen molar-refractivity contribution in [3.8, 4) is 17.0 Å². The minimum atomic E-state index is -0.0898. The number of thiazole rings is 1. The number of hydrogen-bond acceptors (Lipinski definition) is 6. The Labute approximate surface area is 216 Å². The molecule has 1 aromatic heterocycles. The molecule has 0 spiro atoms. The van der Waals surface area contributed by atoms with Crippen molar-refractivity contribution in [1.29, 1.82) is 0 Å². The van der Waals surface area contributed by atoms with E-state index in [0.29, 0.717) is 18.7 Å². The van der Waals surface area contributed by atoms with Crippen molar-refractivity contribution in [2.24, 2.45) is 5.73 Å². The van der Waals surface area contributed by atoms with Gasteiger partial charge in [0.15, 0.2) is 5.13 Å². The van der Waals surface area contributed by atoms with Gasteiger partial charge in [-0.05, 0) is 47.4 Å². The zero-order valence-electron chi connectivity index (χ0n) is 20.7. The molecule has 36 heavy (non-hydrogen) atoms. The summed E-state index contributed by atoms with van der Waals surface area (Å²) in [6, 6.07) is 23.7. The van der Waals surface area contributed by atoms with Crippen LogP contribution in [-0.4, -0.2) is 24.5 Å². The van der Waals surface area contributed by atoms with Gasteiger partial charge in [-0.15, -0.1) is 11.3 Å². The van der Waals surface area contributed by atoms with E-state index < -0.39 is 0 Å². The van der Waals surface area contributed by atoms with E-state index in [1.807, 2.05) is 72.8 Å². The van der Waals surface area contributed by atoms with Crippen molar-refractivity contribution in [2.45, 2.75) is 33.0 Å². The van der Waals surface area contributed by atoms with Gasteiger partial charge in [0.1, 0.15) is 5.75 Å². The lowest BCUT2D eigenvalue weighted by molar-refractivity contribution is 0.0951. The first-order valence-electron chi connectivity index (χ1n) is 12.1. The van der Waals surface area contributed by atoms with E-state index >= 15 is 0 Å². The number of carbonyl (C=O) groups excluding carboxylic acids is 1. The molecule has 1 amide bonds. The number of aromatic nitrogens is 1. The molecular weight excluding hydrogens is 468 g/mol. The van der Waals surface area contributed by atoms with Crippen LogP contribution in [0.4, 0.5) is 5.13 Å². The number of nitrogens with two attached hydrogens (primary N) is 1. The predicted octanol–water partition coefficient (Wildman–Crippen LogP) is 5.62. The normalized spacial score (nSPS) is 10.8. The summed E-state index contributed by atoms with van der Waals surface area (Å²) in [7, 11) is 1.67. The Morgan fingerprint density at radius 1 is 1.03 bits per heavy atom. The van der Waals surface area contributed by atoms with Gasteiger partial charge in [0.05, 0.1) is 12.8 Å². The Kier molecular flexibility index (Phi) is 8.71. The molecule has 0 aliphatic heterocycles. The highest BCUT2D eigenvalue weighted by Gasteiger charge is 2.14. The third kappa shape index (κ3) is 6.50. The van der Waals surface area contributed by atoms with Crippen molar-refractivity contribution < 1.29 is 9.53 Å². The summed E-state index contributed by atoms with van der Waals surface area (Å²) in [5, 5.41) is 6.06. The number of nitrogens with one attached hydrogen (secondary N) is 1. The predicted molar refractivity (Wildman–Crippen MR) is 147 cm³/mol. The van der Waals surface area contributed by atoms with Crippen LogP contribution >= 0.6 is 11.3 Å². The fraction of sp³-hybridized carbons (Fsp3) is 0.241. The second-order valence-electron chi connectivity index (χ2n) is 8.57. The maximum Gasteiger partial charge on any atom is 0.251 e. The van der Waals surface area contributed by atoms with Crippen LogP contribution in [0.25, 0.3) is 11.3 Å². The van der Waals surface area contributed by atoms with Crippen molar-refractivity contribution in [2.75, 3.05) is 18.6 Å². The van der Waals surface area contributed by atoms with Crippen LogP contribution in [0.1, 0.15) is 40.4 Å². The molecule has 0 saturated carbocycles. The summed E-state index contributed by atoms with van der Waals surface area (Å²) < 4.78 is 5.35. The minimum Gasteiger partial charge on any atom is -0.497 e. The molecule has 0 radical (unpaired) electrons. The largest absolute Gasteiger partial charge is 0.497 e. The average Bonchev–Trinajstić information content (AvgIpc) is 3.42. The molecule has 7 heteroatoms. The molecule has 3 N–H and O–H groups in total. The Bertz CT molecular complexity index is 1290. The fourth-order valence-electron chi connectivity index (χ4n) is 3.97. The van der Waals surface area contributed by atoms with E-state index in [0.717, 1.165) is 58.3 Å². The lowest BCUT2D eigenvalue weighted by Gasteiger charge is -2.21. The fourth-order valence-corrected chi connectivity index (χ4v) is 4.83. The van der Waals surface area contributed by atoms with Gasteiger partial charge in [-0.2, -0.15) is 0 Å². The maximum atomic E-state index is 12.6. The molecule has 0 fully saturated rings. The van der Waals surface area contributed by atoms with E-state index in [2.05, 4.69) is 22.5 Å². The highest BCUT2D eigenvalue weighted by atomic mass is 32.1. The zero-order chi connectivity index (χ0) is 25.3. The van der Waals surface area contributed by atoms with Gasteiger partial charge >= 0.3 is 0 Å². The van der Waals surface area contributed by atoms with Crippen LogP contribution in [0.15, 0.2) is 78.2 Å². The first-order valence-corrected chi connectivity index (χ1v) is 13.0. The van der Waals surface area contributed by atoms with Crippen LogP contribution < -0.4 is 20.7 Å². The summed E-state index contributed by atoms with van der Waals surface area (Å²) in [6.45, 7) is 4.75. The third-order valence-electron chi connectivity index (χ3n) is 5.89. The van der Waals surface area contributed by atoms with Gasteiger partial charge in [0, 0.05) is 42.7 Å². The molecule has 0 unspecified atom stereocenters. The van der Waals surface area contributed by atoms with Crippen LogP contribution in [0.2, 0.25) is 0 Å². The number of ether oxygens (including phenoxy) is 1. The monoisotopic (exact) mass is 500 g/mol. The summed E-state index contributed by atoms with van der Waals surface area (Å²) in [5.74, 6) is 0.730. The number of methoxy groups -OCH3 is 1. The van der Waals surface area contributed by atoms with Gasteiger partial charge in [-0.3, -0.25) is 4.79 Å². The van der Waals surface area contributed by atoms with E-state index in [1.54, 1.807) is 18.4 Å². The molecule has 0 bridgehead atoms. The number of rotatable bonds is 11. The molecule has 0 aliphatic carbocycles. The highest BCUT2D eigenvalue weighted by Crippen LogP contribution is 2.30. The smallest absolute Gasteiger partial charge is 0.251 e. The lowest BCUT2D eigenvalue weighted by atomic mass is 10.1. The van der Waals surface area contributed by atoms with E-state index in [9.17, 15) is 4.79 Å². The van der Waals surface area contributed by atoms with Crippen molar-refractivity contribution in [3.05, 3.63) is 100 Å².